The van der Waals surface area contributed by atoms with E-state index >= 15 is 0 Å². The first-order valence-electron chi connectivity index (χ1n) is 25.5. The zero-order chi connectivity index (χ0) is 49.6. The summed E-state index contributed by atoms with van der Waals surface area (Å²) in [5.74, 6) is 0.976. The van der Waals surface area contributed by atoms with Gasteiger partial charge < -0.3 is 10.2 Å². The van der Waals surface area contributed by atoms with Crippen LogP contribution in [0.2, 0.25) is 0 Å². The highest BCUT2D eigenvalue weighted by Gasteiger charge is 2.51. The lowest BCUT2D eigenvalue weighted by Crippen LogP contribution is -2.25. The summed E-state index contributed by atoms with van der Waals surface area (Å²) in [6, 6.07) is 89.5. The molecule has 0 aliphatic heterocycles. The van der Waals surface area contributed by atoms with Crippen LogP contribution in [-0.4, -0.2) is 11.7 Å². The summed E-state index contributed by atoms with van der Waals surface area (Å²) in [5.41, 5.74) is 28.5. The Kier molecular flexibility index (Phi) is 9.84. The van der Waals surface area contributed by atoms with Crippen LogP contribution in [0.15, 0.2) is 263 Å². The number of hydrogen-bond donors (Lipinski definition) is 1. The Balaban J connectivity index is 0.797. The van der Waals surface area contributed by atoms with Crippen LogP contribution in [0.5, 0.6) is 0 Å². The number of nitrogens with two attached hydrogens (primary N) is 1. The number of aliphatic imine (C=N–C) groups is 2. The van der Waals surface area contributed by atoms with Crippen molar-refractivity contribution in [1.82, 2.24) is 0 Å². The number of benzene rings is 11. The van der Waals surface area contributed by atoms with E-state index < -0.39 is 0 Å². The first-order valence-corrected chi connectivity index (χ1v) is 26.3. The number of nitrogens with zero attached hydrogens (tertiary/aromatic N) is 2. The summed E-state index contributed by atoms with van der Waals surface area (Å²) < 4.78 is 9.03. The van der Waals surface area contributed by atoms with E-state index in [9.17, 15) is 0 Å². The molecule has 0 fully saturated rings. The van der Waals surface area contributed by atoms with Crippen LogP contribution in [0.3, 0.4) is 0 Å². The monoisotopic (exact) mass is 975 g/mol. The molecule has 0 saturated heterocycles. The highest BCUT2D eigenvalue weighted by molar-refractivity contribution is 7.25. The number of fused-ring (bicyclic) bond motifs is 16. The average Bonchev–Trinajstić information content (AvgIpc) is 4.41. The van der Waals surface area contributed by atoms with Gasteiger partial charge in [0.05, 0.1) is 12.0 Å². The van der Waals surface area contributed by atoms with E-state index in [4.69, 9.17) is 20.1 Å². The molecule has 0 bridgehead atoms. The fourth-order valence-electron chi connectivity index (χ4n) is 12.2. The molecule has 0 saturated carbocycles. The minimum atomic E-state index is -0.363. The number of amidine groups is 2. The van der Waals surface area contributed by atoms with Crippen LogP contribution in [0.1, 0.15) is 38.9 Å². The molecular weight excluding hydrogens is 931 g/mol. The molecule has 4 nitrogen and oxygen atoms in total. The average molecular weight is 976 g/mol. The van der Waals surface area contributed by atoms with Gasteiger partial charge in [-0.15, -0.1) is 11.3 Å². The molecule has 2 aliphatic carbocycles. The van der Waals surface area contributed by atoms with E-state index in [1.807, 2.05) is 18.2 Å². The lowest BCUT2D eigenvalue weighted by atomic mass is 9.70. The van der Waals surface area contributed by atoms with Gasteiger partial charge in [0.15, 0.2) is 5.84 Å². The maximum Gasteiger partial charge on any atom is 0.157 e. The van der Waals surface area contributed by atoms with Crippen LogP contribution >= 0.6 is 11.3 Å². The van der Waals surface area contributed by atoms with E-state index in [2.05, 4.69) is 231 Å². The van der Waals surface area contributed by atoms with Gasteiger partial charge in [-0.3, -0.25) is 4.99 Å². The van der Waals surface area contributed by atoms with Crippen molar-refractivity contribution in [1.29, 1.82) is 0 Å². The van der Waals surface area contributed by atoms with Gasteiger partial charge in [-0.2, -0.15) is 0 Å². The Morgan fingerprint density at radius 2 is 0.960 bits per heavy atom. The van der Waals surface area contributed by atoms with E-state index in [-0.39, 0.29) is 5.41 Å². The van der Waals surface area contributed by atoms with Crippen molar-refractivity contribution in [2.75, 3.05) is 0 Å². The smallest absolute Gasteiger partial charge is 0.157 e. The molecule has 15 rings (SSSR count). The lowest BCUT2D eigenvalue weighted by Gasteiger charge is -2.30. The summed E-state index contributed by atoms with van der Waals surface area (Å²) in [4.78, 5) is 10.4. The third kappa shape index (κ3) is 6.82. The van der Waals surface area contributed by atoms with Crippen molar-refractivity contribution in [2.24, 2.45) is 15.7 Å². The molecule has 5 heteroatoms. The van der Waals surface area contributed by atoms with Crippen molar-refractivity contribution in [3.63, 3.8) is 0 Å². The minimum absolute atomic E-state index is 0.363. The molecular formula is C70H45N3OS. The van der Waals surface area contributed by atoms with Gasteiger partial charge in [-0.05, 0) is 138 Å². The zero-order valence-corrected chi connectivity index (χ0v) is 41.5. The second kappa shape index (κ2) is 17.1. The molecule has 352 valence electrons. The molecule has 0 unspecified atom stereocenters. The second-order valence-corrected chi connectivity index (χ2v) is 20.8. The molecule has 0 atom stereocenters. The molecule has 2 heterocycles. The second-order valence-electron chi connectivity index (χ2n) is 19.7. The predicted molar refractivity (Wildman–Crippen MR) is 313 cm³/mol. The van der Waals surface area contributed by atoms with Gasteiger partial charge in [0.2, 0.25) is 0 Å². The quantitative estimate of drug-likeness (QED) is 0.128. The third-order valence-corrected chi connectivity index (χ3v) is 16.8. The molecule has 11 aromatic carbocycles. The van der Waals surface area contributed by atoms with E-state index in [0.29, 0.717) is 18.2 Å². The van der Waals surface area contributed by atoms with Crippen LogP contribution in [0.25, 0.3) is 97.7 Å². The number of hydrogen-bond acceptors (Lipinski definition) is 3. The molecule has 0 amide bonds. The molecule has 0 radical (unpaired) electrons. The number of thiophene rings is 1. The molecule has 2 N–H and O–H groups in total. The Morgan fingerprint density at radius 3 is 1.72 bits per heavy atom. The van der Waals surface area contributed by atoms with Crippen molar-refractivity contribution in [3.8, 4) is 55.6 Å². The van der Waals surface area contributed by atoms with Gasteiger partial charge in [-0.1, -0.05) is 194 Å². The minimum Gasteiger partial charge on any atom is -0.456 e. The summed E-state index contributed by atoms with van der Waals surface area (Å²) >= 11 is 1.79. The van der Waals surface area contributed by atoms with Gasteiger partial charge in [0.25, 0.3) is 0 Å². The van der Waals surface area contributed by atoms with Gasteiger partial charge >= 0.3 is 0 Å². The van der Waals surface area contributed by atoms with Gasteiger partial charge in [0, 0.05) is 42.1 Å². The maximum atomic E-state index is 6.95. The maximum absolute atomic E-state index is 6.95. The Bertz CT molecular complexity index is 4470. The topological polar surface area (TPSA) is 63.9 Å². The van der Waals surface area contributed by atoms with Crippen LogP contribution in [-0.2, 0) is 12.0 Å². The fourth-order valence-corrected chi connectivity index (χ4v) is 13.3. The SMILES string of the molecule is NC(=NC(=NCc1cccc2oc3ccc(-c4cccc(-c5ccc6c(c5)-c5ccccc5C65c6ccccc6-c6ccccc65)c4)cc3c12)c1ccc(-c2ccccc2)cc1)c1ccc2sc3ccccc3c2c1. The first-order chi connectivity index (χ1) is 37.1. The largest absolute Gasteiger partial charge is 0.456 e. The predicted octanol–water partition coefficient (Wildman–Crippen LogP) is 17.7. The zero-order valence-electron chi connectivity index (χ0n) is 40.7. The highest BCUT2D eigenvalue weighted by atomic mass is 32.1. The fraction of sp³-hybridized carbons (Fsp3) is 0.0286. The molecule has 75 heavy (non-hydrogen) atoms. The highest BCUT2D eigenvalue weighted by Crippen LogP contribution is 2.63. The number of furan rings is 1. The lowest BCUT2D eigenvalue weighted by molar-refractivity contribution is 0.668. The summed E-state index contributed by atoms with van der Waals surface area (Å²) in [6.07, 6.45) is 0. The van der Waals surface area contributed by atoms with Gasteiger partial charge in [-0.25, -0.2) is 4.99 Å². The molecule has 13 aromatic rings. The van der Waals surface area contributed by atoms with Crippen molar-refractivity contribution in [2.45, 2.75) is 12.0 Å². The standard InChI is InChI=1S/C70H45N3OS/c71-68(50-34-37-66-57(41-50)55-22-7-11-27-65(55)75-66)73-69(45-30-28-44(29-31-45)43-14-2-1-3-15-43)72-42-51-18-13-26-64-67(51)58-40-49(33-36-63(58)74-64)47-17-12-16-46(38-47)48-32-35-62-56(39-48)54-21-6-10-25-61(54)70(62)59-23-8-4-19-52(59)53-20-5-9-24-60(53)70/h1-41H,42H2,(H2,71,72,73). The third-order valence-electron chi connectivity index (χ3n) is 15.7. The Hall–Kier alpha value is -9.42. The summed E-state index contributed by atoms with van der Waals surface area (Å²) in [7, 11) is 0. The Morgan fingerprint density at radius 1 is 0.400 bits per heavy atom. The van der Waals surface area contributed by atoms with Crippen LogP contribution in [0, 0.1) is 0 Å². The van der Waals surface area contributed by atoms with E-state index in [1.165, 1.54) is 75.8 Å². The van der Waals surface area contributed by atoms with E-state index in [0.717, 1.165) is 60.9 Å². The molecule has 2 aromatic heterocycles. The first kappa shape index (κ1) is 43.2. The summed E-state index contributed by atoms with van der Waals surface area (Å²) in [6.45, 7) is 0.367. The van der Waals surface area contributed by atoms with Crippen molar-refractivity contribution in [3.05, 3.63) is 288 Å². The summed E-state index contributed by atoms with van der Waals surface area (Å²) in [5, 5.41) is 4.48. The van der Waals surface area contributed by atoms with Crippen LogP contribution < -0.4 is 5.73 Å². The van der Waals surface area contributed by atoms with Gasteiger partial charge in [0.1, 0.15) is 17.0 Å². The van der Waals surface area contributed by atoms with Crippen molar-refractivity contribution >= 4 is 65.1 Å². The van der Waals surface area contributed by atoms with Crippen LogP contribution in [0.4, 0.5) is 0 Å². The normalized spacial score (nSPS) is 13.4. The molecule has 1 spiro atoms. The molecule has 2 aliphatic rings. The van der Waals surface area contributed by atoms with E-state index in [1.54, 1.807) is 11.3 Å². The Labute approximate surface area is 438 Å². The number of rotatable bonds is 7. The van der Waals surface area contributed by atoms with Crippen molar-refractivity contribution < 1.29 is 4.42 Å².